The molecular weight excluding hydrogens is 423 g/mol. The van der Waals surface area contributed by atoms with Crippen LogP contribution in [0.1, 0.15) is 115 Å². The molecule has 0 saturated carbocycles. The molecule has 0 atom stereocenters. The third kappa shape index (κ3) is 10.6. The minimum atomic E-state index is -3.78. The maximum atomic E-state index is 13.1. The molecule has 0 spiro atoms. The molecule has 0 N–H and O–H groups in total. The van der Waals surface area contributed by atoms with Crippen molar-refractivity contribution in [3.05, 3.63) is 59.7 Å². The third-order valence-electron chi connectivity index (χ3n) is 6.69. The molecule has 0 amide bonds. The molecule has 184 valence electrons. The summed E-state index contributed by atoms with van der Waals surface area (Å²) >= 11 is 0. The Morgan fingerprint density at radius 3 is 1.15 bits per heavy atom. The maximum absolute atomic E-state index is 13.1. The summed E-state index contributed by atoms with van der Waals surface area (Å²) in [7, 11) is -3.78. The van der Waals surface area contributed by atoms with Crippen LogP contribution in [0.2, 0.25) is 0 Å². The van der Waals surface area contributed by atoms with Crippen LogP contribution in [0, 0.1) is 0 Å². The molecule has 0 radical (unpaired) electrons. The number of hydrogen-bond acceptors (Lipinski definition) is 2. The molecule has 0 fully saturated rings. The fraction of sp³-hybridized carbons (Fsp3) is 0.600. The molecule has 0 heterocycles. The highest BCUT2D eigenvalue weighted by atomic mass is 31.2. The Hall–Kier alpha value is -1.37. The first-order chi connectivity index (χ1) is 16.1. The van der Waals surface area contributed by atoms with Gasteiger partial charge in [0.25, 0.3) is 0 Å². The topological polar surface area (TPSA) is 40.1 Å². The largest absolute Gasteiger partial charge is 0.793 e. The van der Waals surface area contributed by atoms with Crippen molar-refractivity contribution in [2.45, 2.75) is 117 Å². The van der Waals surface area contributed by atoms with Gasteiger partial charge in [0.05, 0.1) is 7.37 Å². The second-order valence-corrected chi connectivity index (χ2v) is 11.8. The van der Waals surface area contributed by atoms with Crippen LogP contribution < -0.4 is 15.5 Å². The number of hydrogen-bond donors (Lipinski definition) is 0. The van der Waals surface area contributed by atoms with Crippen molar-refractivity contribution in [3.8, 4) is 0 Å². The van der Waals surface area contributed by atoms with Crippen molar-refractivity contribution in [2.24, 2.45) is 0 Å². The minimum Gasteiger partial charge on any atom is -0.793 e. The van der Waals surface area contributed by atoms with Gasteiger partial charge in [-0.05, 0) is 36.8 Å². The van der Waals surface area contributed by atoms with Crippen LogP contribution in [-0.4, -0.2) is 0 Å². The van der Waals surface area contributed by atoms with Gasteiger partial charge in [-0.2, -0.15) is 0 Å². The number of unbranched alkanes of at least 4 members (excludes halogenated alkanes) is 12. The van der Waals surface area contributed by atoms with Crippen LogP contribution in [-0.2, 0) is 17.4 Å². The smallest absolute Gasteiger partial charge is 0.0720 e. The summed E-state index contributed by atoms with van der Waals surface area (Å²) in [5, 5.41) is 0.844. The second-order valence-electron chi connectivity index (χ2n) is 9.63. The Bertz CT molecular complexity index is 730. The molecule has 33 heavy (non-hydrogen) atoms. The van der Waals surface area contributed by atoms with E-state index in [0.29, 0.717) is 10.6 Å². The molecule has 0 aliphatic carbocycles. The summed E-state index contributed by atoms with van der Waals surface area (Å²) in [5.41, 5.74) is 2.47. The van der Waals surface area contributed by atoms with Crippen molar-refractivity contribution in [1.29, 1.82) is 0 Å². The Kier molecular flexibility index (Phi) is 13.8. The van der Waals surface area contributed by atoms with Gasteiger partial charge in [-0.3, -0.25) is 0 Å². The van der Waals surface area contributed by atoms with E-state index < -0.39 is 7.37 Å². The van der Waals surface area contributed by atoms with Crippen LogP contribution >= 0.6 is 7.37 Å². The highest BCUT2D eigenvalue weighted by molar-refractivity contribution is 7.72. The predicted octanol–water partition coefficient (Wildman–Crippen LogP) is 7.86. The van der Waals surface area contributed by atoms with Crippen molar-refractivity contribution in [1.82, 2.24) is 0 Å². The van der Waals surface area contributed by atoms with Crippen LogP contribution in [0.3, 0.4) is 0 Å². The lowest BCUT2D eigenvalue weighted by Gasteiger charge is -2.24. The molecule has 0 saturated heterocycles. The van der Waals surface area contributed by atoms with Gasteiger partial charge in [-0.1, -0.05) is 139 Å². The van der Waals surface area contributed by atoms with Gasteiger partial charge in [0.1, 0.15) is 0 Å². The fourth-order valence-corrected chi connectivity index (χ4v) is 5.82. The van der Waals surface area contributed by atoms with E-state index in [0.717, 1.165) is 12.8 Å². The van der Waals surface area contributed by atoms with Gasteiger partial charge in [0.15, 0.2) is 0 Å². The maximum Gasteiger partial charge on any atom is 0.0720 e. The van der Waals surface area contributed by atoms with E-state index in [-0.39, 0.29) is 0 Å². The number of benzene rings is 2. The lowest BCUT2D eigenvalue weighted by Crippen LogP contribution is -2.25. The van der Waals surface area contributed by atoms with Crippen LogP contribution in [0.15, 0.2) is 48.5 Å². The molecule has 3 heteroatoms. The zero-order valence-corrected chi connectivity index (χ0v) is 22.1. The van der Waals surface area contributed by atoms with E-state index in [9.17, 15) is 9.46 Å². The molecule has 2 nitrogen and oxygen atoms in total. The van der Waals surface area contributed by atoms with E-state index in [4.69, 9.17) is 0 Å². The lowest BCUT2D eigenvalue weighted by atomic mass is 10.0. The molecular formula is C30H46O2P-. The van der Waals surface area contributed by atoms with Crippen molar-refractivity contribution in [2.75, 3.05) is 0 Å². The minimum absolute atomic E-state index is 0.422. The summed E-state index contributed by atoms with van der Waals surface area (Å²) in [5.74, 6) is 0. The van der Waals surface area contributed by atoms with Gasteiger partial charge >= 0.3 is 0 Å². The van der Waals surface area contributed by atoms with E-state index in [1.54, 1.807) is 24.3 Å². The third-order valence-corrected chi connectivity index (χ3v) is 8.65. The SMILES string of the molecule is CCCCCCCCCc1ccc(P(=O)([O-])c2ccc(CCCCCCCCC)cc2)cc1. The first-order valence-corrected chi connectivity index (χ1v) is 15.2. The summed E-state index contributed by atoms with van der Waals surface area (Å²) < 4.78 is 13.1. The zero-order valence-electron chi connectivity index (χ0n) is 21.2. The molecule has 0 aliphatic rings. The summed E-state index contributed by atoms with van der Waals surface area (Å²) in [4.78, 5) is 13.1. The molecule has 0 unspecified atom stereocenters. The van der Waals surface area contributed by atoms with Crippen LogP contribution in [0.5, 0.6) is 0 Å². The normalized spacial score (nSPS) is 11.7. The average Bonchev–Trinajstić information content (AvgIpc) is 2.83. The summed E-state index contributed by atoms with van der Waals surface area (Å²) in [6.07, 6.45) is 20.2. The highest BCUT2D eigenvalue weighted by Gasteiger charge is 2.14. The molecule has 2 aromatic rings. The highest BCUT2D eigenvalue weighted by Crippen LogP contribution is 2.33. The van der Waals surface area contributed by atoms with Gasteiger partial charge in [-0.25, -0.2) is 0 Å². The summed E-state index contributed by atoms with van der Waals surface area (Å²) in [6.45, 7) is 4.50. The molecule has 0 aromatic heterocycles. The molecule has 2 rings (SSSR count). The number of rotatable bonds is 18. The van der Waals surface area contributed by atoms with Crippen LogP contribution in [0.25, 0.3) is 0 Å². The Morgan fingerprint density at radius 1 is 0.515 bits per heavy atom. The molecule has 0 aliphatic heterocycles. The summed E-state index contributed by atoms with van der Waals surface area (Å²) in [6, 6.07) is 15.1. The monoisotopic (exact) mass is 469 g/mol. The van der Waals surface area contributed by atoms with Crippen molar-refractivity contribution in [3.63, 3.8) is 0 Å². The fourth-order valence-electron chi connectivity index (χ4n) is 4.44. The average molecular weight is 470 g/mol. The van der Waals surface area contributed by atoms with E-state index in [1.807, 2.05) is 24.3 Å². The van der Waals surface area contributed by atoms with Crippen molar-refractivity contribution >= 4 is 18.0 Å². The van der Waals surface area contributed by atoms with Gasteiger partial charge < -0.3 is 9.46 Å². The van der Waals surface area contributed by atoms with Crippen LogP contribution in [0.4, 0.5) is 0 Å². The van der Waals surface area contributed by atoms with E-state index in [2.05, 4.69) is 13.8 Å². The lowest BCUT2D eigenvalue weighted by molar-refractivity contribution is -0.167. The quantitative estimate of drug-likeness (QED) is 0.165. The Morgan fingerprint density at radius 2 is 0.818 bits per heavy atom. The zero-order chi connectivity index (χ0) is 23.8. The first-order valence-electron chi connectivity index (χ1n) is 13.6. The Labute approximate surface area is 203 Å². The van der Waals surface area contributed by atoms with Gasteiger partial charge in [-0.15, -0.1) is 0 Å². The Balaban J connectivity index is 1.77. The van der Waals surface area contributed by atoms with Gasteiger partial charge in [0.2, 0.25) is 0 Å². The molecule has 0 bridgehead atoms. The predicted molar refractivity (Wildman–Crippen MR) is 143 cm³/mol. The van der Waals surface area contributed by atoms with E-state index in [1.165, 1.54) is 101 Å². The second kappa shape index (κ2) is 16.3. The van der Waals surface area contributed by atoms with E-state index >= 15 is 0 Å². The first kappa shape index (κ1) is 27.9. The standard InChI is InChI=1S/C30H47O2P/c1-3-5-7-9-11-13-15-17-27-19-23-29(24-20-27)33(31,32)30-25-21-28(22-26-30)18-16-14-12-10-8-6-4-2/h19-26H,3-18H2,1-2H3,(H,31,32)/p-1. The molecule has 2 aromatic carbocycles. The van der Waals surface area contributed by atoms with Gasteiger partial charge in [0, 0.05) is 10.6 Å². The van der Waals surface area contributed by atoms with Crippen molar-refractivity contribution < 1.29 is 9.46 Å². The number of aryl methyl sites for hydroxylation is 2.